The van der Waals surface area contributed by atoms with Gasteiger partial charge in [-0.2, -0.15) is 13.2 Å². The summed E-state index contributed by atoms with van der Waals surface area (Å²) >= 11 is 5.28. The number of ether oxygens (including phenoxy) is 1. The lowest BCUT2D eigenvalue weighted by molar-refractivity contribution is -0.138. The third kappa shape index (κ3) is 2.87. The van der Waals surface area contributed by atoms with Crippen LogP contribution in [0, 0.1) is 0 Å². The number of carbonyl (C=O) groups excluding carboxylic acids is 1. The summed E-state index contributed by atoms with van der Waals surface area (Å²) in [5, 5.41) is -0.876. The van der Waals surface area contributed by atoms with E-state index in [1.165, 1.54) is 0 Å². The molecule has 1 aromatic rings. The summed E-state index contributed by atoms with van der Waals surface area (Å²) in [5.74, 6) is -1.41. The van der Waals surface area contributed by atoms with Crippen LogP contribution in [-0.4, -0.2) is 18.1 Å². The first-order chi connectivity index (χ1) is 8.18. The molecule has 0 N–H and O–H groups in total. The average Bonchev–Trinajstić information content (AvgIpc) is 2.25. The molecule has 0 atom stereocenters. The van der Waals surface area contributed by atoms with E-state index in [0.29, 0.717) is 0 Å². The number of halogens is 6. The SMILES string of the molecule is COC(=O)c1nc(Cl)c(C(F)F)cc1C(F)(F)F. The summed E-state index contributed by atoms with van der Waals surface area (Å²) in [5.41, 5.74) is -3.87. The Morgan fingerprint density at radius 1 is 1.44 bits per heavy atom. The zero-order valence-corrected chi connectivity index (χ0v) is 9.44. The van der Waals surface area contributed by atoms with Gasteiger partial charge >= 0.3 is 12.1 Å². The van der Waals surface area contributed by atoms with Crippen LogP contribution in [0.2, 0.25) is 5.15 Å². The number of nitrogens with zero attached hydrogens (tertiary/aromatic N) is 1. The van der Waals surface area contributed by atoms with Crippen molar-refractivity contribution in [1.29, 1.82) is 0 Å². The van der Waals surface area contributed by atoms with E-state index < -0.39 is 40.5 Å². The molecule has 0 bridgehead atoms. The molecule has 100 valence electrons. The topological polar surface area (TPSA) is 39.2 Å². The van der Waals surface area contributed by atoms with Crippen molar-refractivity contribution >= 4 is 17.6 Å². The fraction of sp³-hybridized carbons (Fsp3) is 0.333. The van der Waals surface area contributed by atoms with E-state index in [4.69, 9.17) is 11.6 Å². The second-order valence-electron chi connectivity index (χ2n) is 3.05. The van der Waals surface area contributed by atoms with Crippen LogP contribution in [0.5, 0.6) is 0 Å². The molecule has 3 nitrogen and oxygen atoms in total. The molecule has 0 spiro atoms. The van der Waals surface area contributed by atoms with Gasteiger partial charge in [-0.3, -0.25) is 0 Å². The third-order valence-corrected chi connectivity index (χ3v) is 2.23. The predicted octanol–water partition coefficient (Wildman–Crippen LogP) is 3.48. The van der Waals surface area contributed by atoms with Crippen molar-refractivity contribution in [2.24, 2.45) is 0 Å². The van der Waals surface area contributed by atoms with E-state index in [9.17, 15) is 26.7 Å². The summed E-state index contributed by atoms with van der Waals surface area (Å²) in [7, 11) is 0.832. The molecule has 0 aromatic carbocycles. The van der Waals surface area contributed by atoms with Gasteiger partial charge in [-0.1, -0.05) is 11.6 Å². The van der Waals surface area contributed by atoms with Crippen molar-refractivity contribution < 1.29 is 31.5 Å². The van der Waals surface area contributed by atoms with Gasteiger partial charge in [-0.25, -0.2) is 18.6 Å². The largest absolute Gasteiger partial charge is 0.464 e. The molecule has 0 aliphatic carbocycles. The molecule has 1 rings (SSSR count). The fourth-order valence-corrected chi connectivity index (χ4v) is 1.35. The lowest BCUT2D eigenvalue weighted by Gasteiger charge is -2.13. The summed E-state index contributed by atoms with van der Waals surface area (Å²) in [6.07, 6.45) is -8.26. The maximum Gasteiger partial charge on any atom is 0.418 e. The minimum absolute atomic E-state index is 0.0895. The van der Waals surface area contributed by atoms with Crippen LogP contribution in [-0.2, 0) is 10.9 Å². The number of aromatic nitrogens is 1. The van der Waals surface area contributed by atoms with Crippen molar-refractivity contribution in [2.75, 3.05) is 7.11 Å². The highest BCUT2D eigenvalue weighted by Gasteiger charge is 2.38. The van der Waals surface area contributed by atoms with Crippen LogP contribution in [0.4, 0.5) is 22.0 Å². The van der Waals surface area contributed by atoms with E-state index >= 15 is 0 Å². The van der Waals surface area contributed by atoms with Gasteiger partial charge in [0.2, 0.25) is 0 Å². The highest BCUT2D eigenvalue weighted by atomic mass is 35.5. The zero-order valence-electron chi connectivity index (χ0n) is 8.69. The lowest BCUT2D eigenvalue weighted by Crippen LogP contribution is -2.17. The highest BCUT2D eigenvalue weighted by molar-refractivity contribution is 6.30. The van der Waals surface area contributed by atoms with Crippen LogP contribution in [0.25, 0.3) is 0 Å². The second-order valence-corrected chi connectivity index (χ2v) is 3.41. The standard InChI is InChI=1S/C9H5ClF5NO2/c1-18-8(17)5-4(9(13,14)15)2-3(7(11)12)6(10)16-5/h2,7H,1H3. The Bertz CT molecular complexity index is 475. The first-order valence-corrected chi connectivity index (χ1v) is 4.70. The van der Waals surface area contributed by atoms with Crippen molar-refractivity contribution in [1.82, 2.24) is 4.98 Å². The molecule has 0 fully saturated rings. The molecule has 1 aromatic heterocycles. The van der Waals surface area contributed by atoms with E-state index in [1.807, 2.05) is 0 Å². The Morgan fingerprint density at radius 2 is 2.00 bits per heavy atom. The number of alkyl halides is 5. The molecule has 0 radical (unpaired) electrons. The quantitative estimate of drug-likeness (QED) is 0.475. The van der Waals surface area contributed by atoms with Crippen molar-refractivity contribution in [2.45, 2.75) is 12.6 Å². The maximum atomic E-state index is 12.6. The zero-order chi connectivity index (χ0) is 14.1. The van der Waals surface area contributed by atoms with Crippen LogP contribution in [0.15, 0.2) is 6.07 Å². The molecule has 0 saturated carbocycles. The fourth-order valence-electron chi connectivity index (χ4n) is 1.13. The van der Waals surface area contributed by atoms with Gasteiger partial charge in [0.15, 0.2) is 5.69 Å². The van der Waals surface area contributed by atoms with Crippen molar-refractivity contribution in [3.05, 3.63) is 28.0 Å². The van der Waals surface area contributed by atoms with Crippen molar-refractivity contribution in [3.8, 4) is 0 Å². The normalized spacial score (nSPS) is 11.8. The average molecular weight is 290 g/mol. The number of hydrogen-bond acceptors (Lipinski definition) is 3. The Balaban J connectivity index is 3.52. The first kappa shape index (κ1) is 14.6. The van der Waals surface area contributed by atoms with E-state index in [-0.39, 0.29) is 6.07 Å². The molecule has 0 saturated heterocycles. The summed E-state index contributed by atoms with van der Waals surface area (Å²) in [6.45, 7) is 0. The Kier molecular flexibility index (Phi) is 4.10. The lowest BCUT2D eigenvalue weighted by atomic mass is 10.1. The molecule has 0 aliphatic heterocycles. The van der Waals surface area contributed by atoms with Gasteiger partial charge < -0.3 is 4.74 Å². The van der Waals surface area contributed by atoms with Gasteiger partial charge in [0.1, 0.15) is 5.15 Å². The van der Waals surface area contributed by atoms with E-state index in [1.54, 1.807) is 0 Å². The summed E-state index contributed by atoms with van der Waals surface area (Å²) < 4.78 is 66.6. The number of carbonyl (C=O) groups is 1. The molecule has 0 amide bonds. The van der Waals surface area contributed by atoms with Crippen LogP contribution in [0.3, 0.4) is 0 Å². The van der Waals surface area contributed by atoms with Gasteiger partial charge in [0, 0.05) is 0 Å². The van der Waals surface area contributed by atoms with Crippen LogP contribution >= 0.6 is 11.6 Å². The number of pyridine rings is 1. The molecule has 0 unspecified atom stereocenters. The minimum atomic E-state index is -5.02. The van der Waals surface area contributed by atoms with Crippen LogP contribution in [0.1, 0.15) is 28.0 Å². The minimum Gasteiger partial charge on any atom is -0.464 e. The number of rotatable bonds is 2. The van der Waals surface area contributed by atoms with E-state index in [0.717, 1.165) is 7.11 Å². The smallest absolute Gasteiger partial charge is 0.418 e. The number of methoxy groups -OCH3 is 1. The first-order valence-electron chi connectivity index (χ1n) is 4.32. The van der Waals surface area contributed by atoms with Gasteiger partial charge in [0.25, 0.3) is 6.43 Å². The summed E-state index contributed by atoms with van der Waals surface area (Å²) in [6, 6.07) is 0.0895. The summed E-state index contributed by atoms with van der Waals surface area (Å²) in [4.78, 5) is 14.1. The van der Waals surface area contributed by atoms with Crippen LogP contribution < -0.4 is 0 Å². The van der Waals surface area contributed by atoms with Crippen molar-refractivity contribution in [3.63, 3.8) is 0 Å². The Hall–Kier alpha value is -1.44. The number of hydrogen-bond donors (Lipinski definition) is 0. The Labute approximate surface area is 103 Å². The van der Waals surface area contributed by atoms with E-state index in [2.05, 4.69) is 9.72 Å². The molecule has 1 heterocycles. The van der Waals surface area contributed by atoms with Gasteiger partial charge in [0.05, 0.1) is 18.2 Å². The molecular weight excluding hydrogens is 285 g/mol. The third-order valence-electron chi connectivity index (χ3n) is 1.92. The molecular formula is C9H5ClF5NO2. The molecule has 18 heavy (non-hydrogen) atoms. The molecule has 9 heteroatoms. The molecule has 0 aliphatic rings. The predicted molar refractivity (Wildman–Crippen MR) is 50.5 cm³/mol. The maximum absolute atomic E-state index is 12.6. The second kappa shape index (κ2) is 5.05. The van der Waals surface area contributed by atoms with Gasteiger partial charge in [-0.15, -0.1) is 0 Å². The monoisotopic (exact) mass is 289 g/mol. The number of esters is 1. The highest BCUT2D eigenvalue weighted by Crippen LogP contribution is 2.36. The Morgan fingerprint density at radius 3 is 2.39 bits per heavy atom. The van der Waals surface area contributed by atoms with Gasteiger partial charge in [-0.05, 0) is 6.07 Å².